The van der Waals surface area contributed by atoms with E-state index in [9.17, 15) is 0 Å². The summed E-state index contributed by atoms with van der Waals surface area (Å²) in [7, 11) is 0. The first-order valence-corrected chi connectivity index (χ1v) is 7.66. The number of aryl methyl sites for hydroxylation is 3. The zero-order valence-electron chi connectivity index (χ0n) is 13.1. The molecule has 108 valence electrons. The Balaban J connectivity index is 1.98. The minimum atomic E-state index is 0.437. The lowest BCUT2D eigenvalue weighted by atomic mass is 9.68. The number of benzene rings is 2. The van der Waals surface area contributed by atoms with Crippen molar-refractivity contribution in [1.82, 2.24) is 0 Å². The van der Waals surface area contributed by atoms with Gasteiger partial charge in [0.25, 0.3) is 0 Å². The van der Waals surface area contributed by atoms with Crippen LogP contribution in [-0.2, 0) is 0 Å². The highest BCUT2D eigenvalue weighted by atomic mass is 14.6. The van der Waals surface area contributed by atoms with Gasteiger partial charge in [-0.1, -0.05) is 59.7 Å². The van der Waals surface area contributed by atoms with E-state index in [1.165, 1.54) is 33.4 Å². The van der Waals surface area contributed by atoms with E-state index in [1.54, 1.807) is 0 Å². The van der Waals surface area contributed by atoms with Crippen LogP contribution >= 0.6 is 0 Å². The molecular formula is C20H23N. The Bertz CT molecular complexity index is 676. The van der Waals surface area contributed by atoms with E-state index in [2.05, 4.69) is 69.3 Å². The molecule has 0 spiro atoms. The van der Waals surface area contributed by atoms with Crippen LogP contribution in [0.3, 0.4) is 0 Å². The standard InChI is InChI=1S/C20H23N/c1-13-8-14(2)10-16(9-13)18-11-19(20(18)12-21)17-7-5-4-6-15(17)3/h4-11,19-20H,12,21H2,1-3H3/t19-,20?/m0/s1. The summed E-state index contributed by atoms with van der Waals surface area (Å²) in [5.74, 6) is 0.902. The van der Waals surface area contributed by atoms with Gasteiger partial charge in [0.1, 0.15) is 0 Å². The third kappa shape index (κ3) is 2.54. The maximum Gasteiger partial charge on any atom is 0.0108 e. The van der Waals surface area contributed by atoms with E-state index in [0.29, 0.717) is 18.4 Å². The Labute approximate surface area is 127 Å². The molecule has 2 atom stereocenters. The molecule has 0 radical (unpaired) electrons. The van der Waals surface area contributed by atoms with Crippen LogP contribution in [0.2, 0.25) is 0 Å². The second-order valence-electron chi connectivity index (χ2n) is 6.22. The molecule has 1 nitrogen and oxygen atoms in total. The van der Waals surface area contributed by atoms with Crippen molar-refractivity contribution in [3.63, 3.8) is 0 Å². The first-order valence-electron chi connectivity index (χ1n) is 7.66. The monoisotopic (exact) mass is 277 g/mol. The molecule has 1 aliphatic rings. The Hall–Kier alpha value is -1.86. The predicted octanol–water partition coefficient (Wildman–Crippen LogP) is 4.37. The van der Waals surface area contributed by atoms with E-state index in [1.807, 2.05) is 0 Å². The highest BCUT2D eigenvalue weighted by Gasteiger charge is 2.33. The van der Waals surface area contributed by atoms with Gasteiger partial charge < -0.3 is 5.73 Å². The first kappa shape index (κ1) is 14.1. The van der Waals surface area contributed by atoms with E-state index in [0.717, 1.165) is 0 Å². The maximum absolute atomic E-state index is 6.07. The quantitative estimate of drug-likeness (QED) is 0.886. The molecule has 0 fully saturated rings. The number of hydrogen-bond donors (Lipinski definition) is 1. The molecule has 0 saturated heterocycles. The van der Waals surface area contributed by atoms with Crippen molar-refractivity contribution in [2.45, 2.75) is 26.7 Å². The van der Waals surface area contributed by atoms with Crippen molar-refractivity contribution in [1.29, 1.82) is 0 Å². The van der Waals surface area contributed by atoms with Crippen LogP contribution in [0, 0.1) is 26.7 Å². The Morgan fingerprint density at radius 2 is 1.62 bits per heavy atom. The van der Waals surface area contributed by atoms with Crippen LogP contribution in [-0.4, -0.2) is 6.54 Å². The van der Waals surface area contributed by atoms with Gasteiger partial charge in [0.2, 0.25) is 0 Å². The molecule has 0 amide bonds. The van der Waals surface area contributed by atoms with Crippen molar-refractivity contribution < 1.29 is 0 Å². The van der Waals surface area contributed by atoms with E-state index >= 15 is 0 Å². The van der Waals surface area contributed by atoms with E-state index in [4.69, 9.17) is 5.73 Å². The highest BCUT2D eigenvalue weighted by molar-refractivity contribution is 5.76. The minimum Gasteiger partial charge on any atom is -0.330 e. The van der Waals surface area contributed by atoms with Crippen molar-refractivity contribution >= 4 is 5.57 Å². The fraction of sp³-hybridized carbons (Fsp3) is 0.300. The van der Waals surface area contributed by atoms with Crippen LogP contribution < -0.4 is 5.73 Å². The normalized spacial score (nSPS) is 20.9. The van der Waals surface area contributed by atoms with Crippen molar-refractivity contribution in [2.24, 2.45) is 11.7 Å². The van der Waals surface area contributed by atoms with E-state index < -0.39 is 0 Å². The van der Waals surface area contributed by atoms with Gasteiger partial charge in [-0.25, -0.2) is 0 Å². The Kier molecular flexibility index (Phi) is 3.69. The van der Waals surface area contributed by atoms with Crippen LogP contribution in [0.25, 0.3) is 5.57 Å². The lowest BCUT2D eigenvalue weighted by Gasteiger charge is -2.37. The molecule has 3 rings (SSSR count). The van der Waals surface area contributed by atoms with Crippen LogP contribution in [0.15, 0.2) is 48.5 Å². The molecule has 0 aromatic heterocycles. The number of nitrogens with two attached hydrogens (primary N) is 1. The molecule has 1 aliphatic carbocycles. The molecule has 2 N–H and O–H groups in total. The SMILES string of the molecule is Cc1cc(C)cc(C2=C[C@@H](c3ccccc3C)C2CN)c1. The molecule has 0 aliphatic heterocycles. The summed E-state index contributed by atoms with van der Waals surface area (Å²) in [5.41, 5.74) is 14.2. The van der Waals surface area contributed by atoms with Crippen LogP contribution in [0.1, 0.15) is 33.7 Å². The van der Waals surface area contributed by atoms with Gasteiger partial charge in [-0.3, -0.25) is 0 Å². The summed E-state index contributed by atoms with van der Waals surface area (Å²) < 4.78 is 0. The Morgan fingerprint density at radius 1 is 0.952 bits per heavy atom. The summed E-state index contributed by atoms with van der Waals surface area (Å²) in [6.07, 6.45) is 2.40. The van der Waals surface area contributed by atoms with Crippen LogP contribution in [0.5, 0.6) is 0 Å². The topological polar surface area (TPSA) is 26.0 Å². The molecule has 0 saturated carbocycles. The summed E-state index contributed by atoms with van der Waals surface area (Å²) in [6, 6.07) is 15.4. The molecule has 2 aromatic carbocycles. The molecule has 0 heterocycles. The minimum absolute atomic E-state index is 0.437. The molecular weight excluding hydrogens is 254 g/mol. The second-order valence-corrected chi connectivity index (χ2v) is 6.22. The summed E-state index contributed by atoms with van der Waals surface area (Å²) in [6.45, 7) is 7.21. The van der Waals surface area contributed by atoms with Gasteiger partial charge in [0.05, 0.1) is 0 Å². The average molecular weight is 277 g/mol. The number of hydrogen-bond acceptors (Lipinski definition) is 1. The molecule has 0 bridgehead atoms. The smallest absolute Gasteiger partial charge is 0.0108 e. The second kappa shape index (κ2) is 5.50. The van der Waals surface area contributed by atoms with Gasteiger partial charge >= 0.3 is 0 Å². The average Bonchev–Trinajstić information content (AvgIpc) is 2.39. The fourth-order valence-corrected chi connectivity index (χ4v) is 3.50. The van der Waals surface area contributed by atoms with Gasteiger partial charge in [0.15, 0.2) is 0 Å². The van der Waals surface area contributed by atoms with Crippen molar-refractivity contribution in [3.8, 4) is 0 Å². The maximum atomic E-state index is 6.07. The largest absolute Gasteiger partial charge is 0.330 e. The van der Waals surface area contributed by atoms with Gasteiger partial charge in [0, 0.05) is 18.4 Å². The molecule has 2 aromatic rings. The fourth-order valence-electron chi connectivity index (χ4n) is 3.50. The van der Waals surface area contributed by atoms with Gasteiger partial charge in [-0.15, -0.1) is 0 Å². The summed E-state index contributed by atoms with van der Waals surface area (Å²) in [5, 5.41) is 0. The Morgan fingerprint density at radius 3 is 2.24 bits per heavy atom. The van der Waals surface area contributed by atoms with Gasteiger partial charge in [-0.2, -0.15) is 0 Å². The van der Waals surface area contributed by atoms with Crippen LogP contribution in [0.4, 0.5) is 0 Å². The zero-order chi connectivity index (χ0) is 15.0. The molecule has 1 heteroatoms. The number of allylic oxidation sites excluding steroid dienone is 1. The first-order chi connectivity index (χ1) is 10.1. The summed E-state index contributed by atoms with van der Waals surface area (Å²) >= 11 is 0. The predicted molar refractivity (Wildman–Crippen MR) is 90.4 cm³/mol. The van der Waals surface area contributed by atoms with Crippen molar-refractivity contribution in [3.05, 3.63) is 76.4 Å². The lowest BCUT2D eigenvalue weighted by molar-refractivity contribution is 0.562. The molecule has 21 heavy (non-hydrogen) atoms. The van der Waals surface area contributed by atoms with Gasteiger partial charge in [-0.05, 0) is 43.0 Å². The molecule has 1 unspecified atom stereocenters. The highest BCUT2D eigenvalue weighted by Crippen LogP contribution is 2.46. The van der Waals surface area contributed by atoms with E-state index in [-0.39, 0.29) is 0 Å². The number of rotatable bonds is 3. The third-order valence-corrected chi connectivity index (χ3v) is 4.55. The zero-order valence-corrected chi connectivity index (χ0v) is 13.1. The summed E-state index contributed by atoms with van der Waals surface area (Å²) in [4.78, 5) is 0. The lowest BCUT2D eigenvalue weighted by Crippen LogP contribution is -2.30. The van der Waals surface area contributed by atoms with Crippen molar-refractivity contribution in [2.75, 3.05) is 6.54 Å². The third-order valence-electron chi connectivity index (χ3n) is 4.55.